The second-order valence-corrected chi connectivity index (χ2v) is 5.36. The number of carboxylic acids is 1. The number of rotatable bonds is 2. The summed E-state index contributed by atoms with van der Waals surface area (Å²) < 4.78 is 5.33. The average molecular weight is 272 g/mol. The molecule has 2 N–H and O–H groups in total. The molecule has 0 spiro atoms. The van der Waals surface area contributed by atoms with Crippen LogP contribution in [0.1, 0.15) is 52.9 Å². The van der Waals surface area contributed by atoms with E-state index in [1.807, 2.05) is 24.3 Å². The molecule has 0 radical (unpaired) electrons. The maximum absolute atomic E-state index is 11.3. The molecule has 0 saturated heterocycles. The Balaban J connectivity index is 2.20. The van der Waals surface area contributed by atoms with Crippen LogP contribution >= 0.6 is 0 Å². The van der Waals surface area contributed by atoms with Crippen LogP contribution in [-0.4, -0.2) is 16.2 Å². The van der Waals surface area contributed by atoms with E-state index >= 15 is 0 Å². The monoisotopic (exact) mass is 272 g/mol. The van der Waals surface area contributed by atoms with Crippen LogP contribution in [-0.2, 0) is 5.60 Å². The molecule has 4 heteroatoms. The van der Waals surface area contributed by atoms with E-state index < -0.39 is 11.6 Å². The summed E-state index contributed by atoms with van der Waals surface area (Å²) in [5.74, 6) is -0.614. The largest absolute Gasteiger partial charge is 0.478 e. The third kappa shape index (κ3) is 1.76. The lowest BCUT2D eigenvalue weighted by atomic mass is 9.73. The maximum Gasteiger partial charge on any atom is 0.339 e. The molecule has 1 aromatic carbocycles. The quantitative estimate of drug-likeness (QED) is 0.881. The van der Waals surface area contributed by atoms with Gasteiger partial charge in [0.1, 0.15) is 11.2 Å². The summed E-state index contributed by atoms with van der Waals surface area (Å²) in [6, 6.07) is 9.00. The highest BCUT2D eigenvalue weighted by molar-refractivity contribution is 5.89. The van der Waals surface area contributed by atoms with E-state index in [-0.39, 0.29) is 11.3 Å². The standard InChI is InChI=1S/C16H16O4/c1-10-6-8-16(19,13-5-3-2-4-11(10)13)14-12(15(17)18)7-9-20-14/h2-5,7,9-10,19H,6,8H2,1H3,(H,17,18). The minimum atomic E-state index is -1.36. The number of benzene rings is 1. The van der Waals surface area contributed by atoms with E-state index in [2.05, 4.69) is 6.92 Å². The molecule has 4 nitrogen and oxygen atoms in total. The van der Waals surface area contributed by atoms with Crippen molar-refractivity contribution in [3.63, 3.8) is 0 Å². The van der Waals surface area contributed by atoms with Crippen LogP contribution in [0.5, 0.6) is 0 Å². The van der Waals surface area contributed by atoms with E-state index in [0.29, 0.717) is 12.3 Å². The number of carboxylic acid groups (broad SMARTS) is 1. The third-order valence-corrected chi connectivity index (χ3v) is 4.15. The normalized spacial score (nSPS) is 25.2. The van der Waals surface area contributed by atoms with Gasteiger partial charge in [-0.3, -0.25) is 0 Å². The van der Waals surface area contributed by atoms with Crippen LogP contribution < -0.4 is 0 Å². The van der Waals surface area contributed by atoms with Crippen LogP contribution in [0, 0.1) is 0 Å². The number of furan rings is 1. The van der Waals surface area contributed by atoms with Crippen molar-refractivity contribution in [1.82, 2.24) is 0 Å². The molecule has 1 heterocycles. The van der Waals surface area contributed by atoms with Gasteiger partial charge in [0.15, 0.2) is 5.76 Å². The first-order valence-corrected chi connectivity index (χ1v) is 6.67. The molecule has 1 aliphatic rings. The van der Waals surface area contributed by atoms with Gasteiger partial charge in [0.25, 0.3) is 0 Å². The Bertz CT molecular complexity index is 658. The predicted octanol–water partition coefficient (Wildman–Crippen LogP) is 3.11. The van der Waals surface area contributed by atoms with Crippen molar-refractivity contribution in [1.29, 1.82) is 0 Å². The van der Waals surface area contributed by atoms with E-state index in [9.17, 15) is 15.0 Å². The van der Waals surface area contributed by atoms with Crippen molar-refractivity contribution in [2.75, 3.05) is 0 Å². The van der Waals surface area contributed by atoms with Gasteiger partial charge in [0.2, 0.25) is 0 Å². The molecule has 0 amide bonds. The first-order chi connectivity index (χ1) is 9.54. The van der Waals surface area contributed by atoms with Crippen molar-refractivity contribution in [3.8, 4) is 0 Å². The molecule has 20 heavy (non-hydrogen) atoms. The Labute approximate surface area is 116 Å². The lowest BCUT2D eigenvalue weighted by Gasteiger charge is -2.36. The smallest absolute Gasteiger partial charge is 0.339 e. The van der Waals surface area contributed by atoms with Gasteiger partial charge in [-0.1, -0.05) is 31.2 Å². The number of carbonyl (C=O) groups is 1. The van der Waals surface area contributed by atoms with Gasteiger partial charge in [-0.2, -0.15) is 0 Å². The van der Waals surface area contributed by atoms with Gasteiger partial charge < -0.3 is 14.6 Å². The molecule has 1 aromatic heterocycles. The summed E-state index contributed by atoms with van der Waals surface area (Å²) in [5, 5.41) is 20.3. The summed E-state index contributed by atoms with van der Waals surface area (Å²) >= 11 is 0. The zero-order valence-electron chi connectivity index (χ0n) is 11.2. The second kappa shape index (κ2) is 4.49. The summed E-state index contributed by atoms with van der Waals surface area (Å²) in [6.45, 7) is 2.11. The van der Waals surface area contributed by atoms with Gasteiger partial charge >= 0.3 is 5.97 Å². The first-order valence-electron chi connectivity index (χ1n) is 6.67. The molecule has 2 atom stereocenters. The number of aromatic carboxylic acids is 1. The van der Waals surface area contributed by atoms with Gasteiger partial charge in [-0.05, 0) is 36.0 Å². The van der Waals surface area contributed by atoms with Crippen molar-refractivity contribution >= 4 is 5.97 Å². The summed E-state index contributed by atoms with van der Waals surface area (Å²) in [6.07, 6.45) is 2.56. The zero-order chi connectivity index (χ0) is 14.3. The van der Waals surface area contributed by atoms with Crippen molar-refractivity contribution in [2.45, 2.75) is 31.3 Å². The molecule has 0 saturated carbocycles. The molecular formula is C16H16O4. The molecule has 0 aliphatic heterocycles. The SMILES string of the molecule is CC1CCC(O)(c2occc2C(=O)O)c2ccccc21. The highest BCUT2D eigenvalue weighted by Crippen LogP contribution is 2.46. The molecule has 3 rings (SSSR count). The van der Waals surface area contributed by atoms with E-state index in [0.717, 1.165) is 17.5 Å². The van der Waals surface area contributed by atoms with Crippen LogP contribution in [0.3, 0.4) is 0 Å². The molecule has 2 aromatic rings. The second-order valence-electron chi connectivity index (χ2n) is 5.36. The van der Waals surface area contributed by atoms with Crippen LogP contribution in [0.2, 0.25) is 0 Å². The van der Waals surface area contributed by atoms with Crippen LogP contribution in [0.4, 0.5) is 0 Å². The van der Waals surface area contributed by atoms with E-state index in [4.69, 9.17) is 4.42 Å². The molecule has 2 unspecified atom stereocenters. The highest BCUT2D eigenvalue weighted by atomic mass is 16.4. The fourth-order valence-electron chi connectivity index (χ4n) is 3.05. The number of hydrogen-bond acceptors (Lipinski definition) is 3. The minimum absolute atomic E-state index is 0.0249. The van der Waals surface area contributed by atoms with Gasteiger partial charge in [0.05, 0.1) is 6.26 Å². The lowest BCUT2D eigenvalue weighted by molar-refractivity contribution is 0.0327. The maximum atomic E-state index is 11.3. The minimum Gasteiger partial charge on any atom is -0.478 e. The predicted molar refractivity (Wildman–Crippen MR) is 72.8 cm³/mol. The summed E-state index contributed by atoms with van der Waals surface area (Å²) in [4.78, 5) is 11.3. The average Bonchev–Trinajstić information content (AvgIpc) is 2.94. The van der Waals surface area contributed by atoms with E-state index in [1.165, 1.54) is 12.3 Å². The molecule has 104 valence electrons. The molecule has 0 bridgehead atoms. The van der Waals surface area contributed by atoms with Crippen molar-refractivity contribution in [3.05, 3.63) is 59.0 Å². The van der Waals surface area contributed by atoms with Crippen LogP contribution in [0.15, 0.2) is 41.0 Å². The lowest BCUT2D eigenvalue weighted by Crippen LogP contribution is -2.33. The number of hydrogen-bond donors (Lipinski definition) is 2. The highest BCUT2D eigenvalue weighted by Gasteiger charge is 2.43. The zero-order valence-corrected chi connectivity index (χ0v) is 11.2. The Morgan fingerprint density at radius 2 is 2.10 bits per heavy atom. The Kier molecular flexibility index (Phi) is 2.91. The number of fused-ring (bicyclic) bond motifs is 1. The summed E-state index contributed by atoms with van der Waals surface area (Å²) in [5.41, 5.74) is 0.461. The van der Waals surface area contributed by atoms with Gasteiger partial charge in [-0.25, -0.2) is 4.79 Å². The van der Waals surface area contributed by atoms with Crippen molar-refractivity contribution < 1.29 is 19.4 Å². The van der Waals surface area contributed by atoms with Crippen LogP contribution in [0.25, 0.3) is 0 Å². The van der Waals surface area contributed by atoms with Gasteiger partial charge in [0, 0.05) is 0 Å². The third-order valence-electron chi connectivity index (χ3n) is 4.15. The van der Waals surface area contributed by atoms with Gasteiger partial charge in [-0.15, -0.1) is 0 Å². The first kappa shape index (κ1) is 12.9. The fraction of sp³-hybridized carbons (Fsp3) is 0.312. The number of aliphatic hydroxyl groups is 1. The topological polar surface area (TPSA) is 70.7 Å². The van der Waals surface area contributed by atoms with E-state index in [1.54, 1.807) is 0 Å². The Morgan fingerprint density at radius 1 is 1.35 bits per heavy atom. The van der Waals surface area contributed by atoms with Crippen molar-refractivity contribution in [2.24, 2.45) is 0 Å². The molecule has 1 aliphatic carbocycles. The summed E-state index contributed by atoms with van der Waals surface area (Å²) in [7, 11) is 0. The molecule has 0 fully saturated rings. The fourth-order valence-corrected chi connectivity index (χ4v) is 3.05. The Hall–Kier alpha value is -2.07. The molecular weight excluding hydrogens is 256 g/mol. The Morgan fingerprint density at radius 3 is 2.85 bits per heavy atom.